The van der Waals surface area contributed by atoms with E-state index in [4.69, 9.17) is 4.74 Å². The quantitative estimate of drug-likeness (QED) is 0.457. The molecule has 3 aromatic rings. The lowest BCUT2D eigenvalue weighted by Crippen LogP contribution is -2.26. The van der Waals surface area contributed by atoms with Crippen LogP contribution in [-0.2, 0) is 16.8 Å². The molecule has 0 spiro atoms. The molecule has 0 atom stereocenters. The topological polar surface area (TPSA) is 79.5 Å². The molecule has 2 amide bonds. The van der Waals surface area contributed by atoms with Crippen LogP contribution in [0.1, 0.15) is 42.3 Å². The van der Waals surface area contributed by atoms with Crippen LogP contribution in [0.5, 0.6) is 5.75 Å². The van der Waals surface area contributed by atoms with Gasteiger partial charge in [0.1, 0.15) is 5.75 Å². The summed E-state index contributed by atoms with van der Waals surface area (Å²) in [5.41, 5.74) is 3.73. The van der Waals surface area contributed by atoms with Gasteiger partial charge in [0.05, 0.1) is 24.9 Å². The zero-order valence-electron chi connectivity index (χ0n) is 19.6. The monoisotopic (exact) mass is 445 g/mol. The van der Waals surface area contributed by atoms with Crippen LogP contribution in [0.2, 0.25) is 0 Å². The predicted octanol–water partition coefficient (Wildman–Crippen LogP) is 4.97. The third-order valence-corrected chi connectivity index (χ3v) is 5.25. The van der Waals surface area contributed by atoms with E-state index in [2.05, 4.69) is 36.7 Å². The van der Waals surface area contributed by atoms with Gasteiger partial charge in [-0.3, -0.25) is 9.59 Å². The van der Waals surface area contributed by atoms with E-state index >= 15 is 0 Å². The Labute approximate surface area is 195 Å². The Morgan fingerprint density at radius 2 is 1.58 bits per heavy atom. The molecule has 0 aromatic heterocycles. The second kappa shape index (κ2) is 10.7. The van der Waals surface area contributed by atoms with Crippen molar-refractivity contribution in [2.75, 3.05) is 24.3 Å². The van der Waals surface area contributed by atoms with Gasteiger partial charge in [-0.25, -0.2) is 0 Å². The van der Waals surface area contributed by atoms with E-state index < -0.39 is 0 Å². The first-order valence-corrected chi connectivity index (χ1v) is 10.9. The summed E-state index contributed by atoms with van der Waals surface area (Å²) in [5, 5.41) is 8.92. The van der Waals surface area contributed by atoms with E-state index in [0.717, 1.165) is 11.1 Å². The van der Waals surface area contributed by atoms with Crippen LogP contribution in [0.15, 0.2) is 72.8 Å². The Morgan fingerprint density at radius 3 is 2.27 bits per heavy atom. The van der Waals surface area contributed by atoms with Crippen LogP contribution in [0.4, 0.5) is 11.4 Å². The van der Waals surface area contributed by atoms with Gasteiger partial charge in [0.15, 0.2) is 0 Å². The highest BCUT2D eigenvalue weighted by Gasteiger charge is 2.17. The van der Waals surface area contributed by atoms with Crippen molar-refractivity contribution in [3.63, 3.8) is 0 Å². The van der Waals surface area contributed by atoms with Crippen LogP contribution in [0.25, 0.3) is 0 Å². The molecule has 3 aromatic carbocycles. The van der Waals surface area contributed by atoms with E-state index in [9.17, 15) is 9.59 Å². The van der Waals surface area contributed by atoms with Crippen LogP contribution in [-0.4, -0.2) is 25.5 Å². The number of nitrogens with one attached hydrogen (secondary N) is 3. The molecule has 0 heterocycles. The Bertz CT molecular complexity index is 1110. The van der Waals surface area contributed by atoms with Gasteiger partial charge in [0.25, 0.3) is 5.91 Å². The number of rotatable bonds is 8. The molecule has 0 bridgehead atoms. The summed E-state index contributed by atoms with van der Waals surface area (Å²) in [6.45, 7) is 6.77. The van der Waals surface area contributed by atoms with Crippen molar-refractivity contribution in [2.24, 2.45) is 0 Å². The number of hydrogen-bond acceptors (Lipinski definition) is 4. The first kappa shape index (κ1) is 23.9. The molecule has 0 unspecified atom stereocenters. The summed E-state index contributed by atoms with van der Waals surface area (Å²) >= 11 is 0. The van der Waals surface area contributed by atoms with Gasteiger partial charge >= 0.3 is 0 Å². The second-order valence-electron chi connectivity index (χ2n) is 8.78. The maximum Gasteiger partial charge on any atom is 0.253 e. The van der Waals surface area contributed by atoms with Crippen molar-refractivity contribution in [1.82, 2.24) is 5.32 Å². The molecule has 6 nitrogen and oxygen atoms in total. The Kier molecular flexibility index (Phi) is 7.72. The first-order valence-electron chi connectivity index (χ1n) is 10.9. The van der Waals surface area contributed by atoms with Gasteiger partial charge in [-0.15, -0.1) is 0 Å². The normalized spacial score (nSPS) is 10.9. The smallest absolute Gasteiger partial charge is 0.253 e. The number of carbonyl (C=O) groups is 2. The molecular weight excluding hydrogens is 414 g/mol. The van der Waals surface area contributed by atoms with E-state index in [1.54, 1.807) is 25.3 Å². The van der Waals surface area contributed by atoms with Crippen molar-refractivity contribution in [1.29, 1.82) is 0 Å². The molecule has 3 rings (SSSR count). The Balaban J connectivity index is 1.65. The number of benzene rings is 3. The van der Waals surface area contributed by atoms with Crippen LogP contribution < -0.4 is 20.7 Å². The lowest BCUT2D eigenvalue weighted by atomic mass is 9.87. The summed E-state index contributed by atoms with van der Waals surface area (Å²) in [6.07, 6.45) is 0. The van der Waals surface area contributed by atoms with Crippen molar-refractivity contribution >= 4 is 23.2 Å². The number of amides is 2. The third-order valence-electron chi connectivity index (χ3n) is 5.25. The number of methoxy groups -OCH3 is 1. The van der Waals surface area contributed by atoms with Gasteiger partial charge < -0.3 is 20.7 Å². The maximum atomic E-state index is 12.7. The zero-order valence-corrected chi connectivity index (χ0v) is 19.6. The summed E-state index contributed by atoms with van der Waals surface area (Å²) in [6, 6.07) is 22.6. The van der Waals surface area contributed by atoms with Gasteiger partial charge in [-0.05, 0) is 40.8 Å². The minimum absolute atomic E-state index is 0.00583. The molecule has 0 aliphatic heterocycles. The zero-order chi connectivity index (χ0) is 23.8. The molecule has 172 valence electrons. The summed E-state index contributed by atoms with van der Waals surface area (Å²) in [7, 11) is 1.57. The lowest BCUT2D eigenvalue weighted by Gasteiger charge is -2.21. The van der Waals surface area contributed by atoms with Crippen molar-refractivity contribution in [3.8, 4) is 5.75 Å². The molecule has 0 saturated heterocycles. The molecule has 0 radical (unpaired) electrons. The highest BCUT2D eigenvalue weighted by molar-refractivity contribution is 6.01. The minimum Gasteiger partial charge on any atom is -0.495 e. The van der Waals surface area contributed by atoms with E-state index in [0.29, 0.717) is 29.2 Å². The number of hydrogen-bond donors (Lipinski definition) is 3. The molecule has 0 fully saturated rings. The van der Waals surface area contributed by atoms with Gasteiger partial charge in [0.2, 0.25) is 5.91 Å². The fraction of sp³-hybridized carbons (Fsp3) is 0.259. The lowest BCUT2D eigenvalue weighted by molar-refractivity contribution is -0.114. The van der Waals surface area contributed by atoms with Crippen LogP contribution in [0, 0.1) is 0 Å². The van der Waals surface area contributed by atoms with Crippen molar-refractivity contribution < 1.29 is 14.3 Å². The second-order valence-corrected chi connectivity index (χ2v) is 8.78. The van der Waals surface area contributed by atoms with Gasteiger partial charge in [0, 0.05) is 12.2 Å². The molecule has 33 heavy (non-hydrogen) atoms. The first-order chi connectivity index (χ1) is 15.8. The van der Waals surface area contributed by atoms with Crippen LogP contribution in [0.3, 0.4) is 0 Å². The Hall–Kier alpha value is -3.80. The van der Waals surface area contributed by atoms with Gasteiger partial charge in [-0.2, -0.15) is 0 Å². The number of anilines is 2. The molecule has 6 heteroatoms. The maximum absolute atomic E-state index is 12.7. The highest BCUT2D eigenvalue weighted by Crippen LogP contribution is 2.31. The summed E-state index contributed by atoms with van der Waals surface area (Å²) in [5.74, 6) is 0.151. The molecule has 0 aliphatic carbocycles. The molecule has 0 saturated carbocycles. The molecular formula is C27H31N3O3. The average Bonchev–Trinajstić information content (AvgIpc) is 2.81. The van der Waals surface area contributed by atoms with Crippen molar-refractivity contribution in [2.45, 2.75) is 32.7 Å². The highest BCUT2D eigenvalue weighted by atomic mass is 16.5. The molecule has 3 N–H and O–H groups in total. The number of carbonyl (C=O) groups excluding carboxylic acids is 2. The SMILES string of the molecule is COc1ccc(C(C)(C)C)cc1NC(=O)CNc1ccccc1C(=O)NCc1ccccc1. The average molecular weight is 446 g/mol. The summed E-state index contributed by atoms with van der Waals surface area (Å²) in [4.78, 5) is 25.4. The van der Waals surface area contributed by atoms with E-state index in [1.165, 1.54) is 0 Å². The number of ether oxygens (including phenoxy) is 1. The Morgan fingerprint density at radius 1 is 0.879 bits per heavy atom. The summed E-state index contributed by atoms with van der Waals surface area (Å²) < 4.78 is 5.40. The largest absolute Gasteiger partial charge is 0.495 e. The van der Waals surface area contributed by atoms with Crippen molar-refractivity contribution in [3.05, 3.63) is 89.5 Å². The third kappa shape index (κ3) is 6.59. The standard InChI is InChI=1S/C27H31N3O3/c1-27(2,3)20-14-15-24(33-4)23(16-20)30-25(31)18-28-22-13-9-8-12-21(22)26(32)29-17-19-10-6-5-7-11-19/h5-16,28H,17-18H2,1-4H3,(H,29,32)(H,30,31). The fourth-order valence-corrected chi connectivity index (χ4v) is 3.35. The van der Waals surface area contributed by atoms with Crippen LogP contribution >= 0.6 is 0 Å². The molecule has 0 aliphatic rings. The van der Waals surface area contributed by atoms with Gasteiger partial charge in [-0.1, -0.05) is 69.3 Å². The van der Waals surface area contributed by atoms with E-state index in [-0.39, 0.29) is 23.8 Å². The predicted molar refractivity (Wildman–Crippen MR) is 133 cm³/mol. The van der Waals surface area contributed by atoms with E-state index in [1.807, 2.05) is 54.6 Å². The minimum atomic E-state index is -0.237. The number of para-hydroxylation sites is 1. The fourth-order valence-electron chi connectivity index (χ4n) is 3.35.